The van der Waals surface area contributed by atoms with E-state index >= 15 is 0 Å². The molecule has 1 radical (unpaired) electrons. The average Bonchev–Trinajstić information content (AvgIpc) is 2.12. The molecule has 3 nitrogen and oxygen atoms in total. The van der Waals surface area contributed by atoms with Crippen LogP contribution in [0.25, 0.3) is 0 Å². The molecule has 0 amide bonds. The molecule has 0 saturated carbocycles. The van der Waals surface area contributed by atoms with Crippen LogP contribution in [0, 0.1) is 6.07 Å². The molecule has 0 aliphatic rings. The fourth-order valence-electron chi connectivity index (χ4n) is 1.09. The number of rotatable bonds is 4. The number of aliphatic carboxylic acids is 1. The van der Waals surface area contributed by atoms with Crippen LogP contribution in [0.15, 0.2) is 18.2 Å². The summed E-state index contributed by atoms with van der Waals surface area (Å²) in [5.74, 6) is -1.41. The zero-order chi connectivity index (χ0) is 12.2. The second-order valence-corrected chi connectivity index (χ2v) is 3.02. The van der Waals surface area contributed by atoms with Gasteiger partial charge in [0.05, 0.1) is 0 Å². The highest BCUT2D eigenvalue weighted by Gasteiger charge is 2.31. The third-order valence-electron chi connectivity index (χ3n) is 1.68. The summed E-state index contributed by atoms with van der Waals surface area (Å²) in [5.41, 5.74) is 0.434. The van der Waals surface area contributed by atoms with Crippen LogP contribution in [-0.2, 0) is 11.2 Å². The number of carboxylic acids is 1. The van der Waals surface area contributed by atoms with E-state index in [4.69, 9.17) is 5.11 Å². The Hall–Kier alpha value is -1.72. The van der Waals surface area contributed by atoms with Crippen molar-refractivity contribution in [2.24, 2.45) is 0 Å². The predicted octanol–water partition coefficient (Wildman–Crippen LogP) is 2.40. The lowest BCUT2D eigenvalue weighted by molar-refractivity contribution is -0.274. The molecular weight excluding hydrogens is 225 g/mol. The first-order chi connectivity index (χ1) is 7.37. The Morgan fingerprint density at radius 2 is 2.12 bits per heavy atom. The van der Waals surface area contributed by atoms with Crippen LogP contribution in [0.4, 0.5) is 13.2 Å². The van der Waals surface area contributed by atoms with Crippen molar-refractivity contribution in [3.05, 3.63) is 29.8 Å². The Morgan fingerprint density at radius 1 is 1.44 bits per heavy atom. The summed E-state index contributed by atoms with van der Waals surface area (Å²) >= 11 is 0. The van der Waals surface area contributed by atoms with Crippen molar-refractivity contribution in [2.75, 3.05) is 0 Å². The van der Waals surface area contributed by atoms with Crippen molar-refractivity contribution >= 4 is 5.97 Å². The van der Waals surface area contributed by atoms with Crippen LogP contribution in [0.2, 0.25) is 0 Å². The minimum Gasteiger partial charge on any atom is -0.481 e. The van der Waals surface area contributed by atoms with E-state index in [1.54, 1.807) is 0 Å². The maximum Gasteiger partial charge on any atom is 0.573 e. The van der Waals surface area contributed by atoms with Crippen LogP contribution in [0.5, 0.6) is 5.75 Å². The van der Waals surface area contributed by atoms with Gasteiger partial charge in [0.15, 0.2) is 0 Å². The third kappa shape index (κ3) is 4.68. The number of carboxylic acid groups (broad SMARTS) is 1. The molecule has 1 aromatic rings. The highest BCUT2D eigenvalue weighted by molar-refractivity contribution is 5.67. The lowest BCUT2D eigenvalue weighted by Gasteiger charge is -2.09. The van der Waals surface area contributed by atoms with Gasteiger partial charge in [0.2, 0.25) is 0 Å². The van der Waals surface area contributed by atoms with Gasteiger partial charge >= 0.3 is 12.3 Å². The van der Waals surface area contributed by atoms with Gasteiger partial charge in [-0.2, -0.15) is 0 Å². The maximum atomic E-state index is 11.9. The van der Waals surface area contributed by atoms with Crippen molar-refractivity contribution in [1.82, 2.24) is 0 Å². The van der Waals surface area contributed by atoms with Crippen molar-refractivity contribution < 1.29 is 27.8 Å². The molecule has 6 heteroatoms. The summed E-state index contributed by atoms with van der Waals surface area (Å²) in [4.78, 5) is 10.3. The standard InChI is InChI=1S/C10H8F3O3/c11-10(12,13)16-8-3-1-2-7(6-8)4-5-9(14)15/h2-3,6H,4-5H2,(H,14,15). The number of aryl methyl sites for hydroxylation is 1. The zero-order valence-electron chi connectivity index (χ0n) is 8.04. The summed E-state index contributed by atoms with van der Waals surface area (Å²) in [5, 5.41) is 8.41. The first-order valence-corrected chi connectivity index (χ1v) is 4.34. The zero-order valence-corrected chi connectivity index (χ0v) is 8.04. The van der Waals surface area contributed by atoms with Gasteiger partial charge in [-0.15, -0.1) is 13.2 Å². The quantitative estimate of drug-likeness (QED) is 0.868. The van der Waals surface area contributed by atoms with Crippen molar-refractivity contribution in [3.8, 4) is 5.75 Å². The van der Waals surface area contributed by atoms with Gasteiger partial charge in [0.25, 0.3) is 0 Å². The summed E-state index contributed by atoms with van der Waals surface area (Å²) in [6, 6.07) is 6.07. The van der Waals surface area contributed by atoms with E-state index < -0.39 is 18.1 Å². The number of hydrogen-bond acceptors (Lipinski definition) is 2. The Labute approximate surface area is 89.5 Å². The molecule has 0 saturated heterocycles. The van der Waals surface area contributed by atoms with E-state index in [0.29, 0.717) is 5.56 Å². The second-order valence-electron chi connectivity index (χ2n) is 3.02. The predicted molar refractivity (Wildman–Crippen MR) is 47.9 cm³/mol. The molecule has 0 heterocycles. The van der Waals surface area contributed by atoms with E-state index in [2.05, 4.69) is 10.8 Å². The monoisotopic (exact) mass is 233 g/mol. The van der Waals surface area contributed by atoms with Crippen molar-refractivity contribution in [1.29, 1.82) is 0 Å². The first-order valence-electron chi connectivity index (χ1n) is 4.34. The Balaban J connectivity index is 2.67. The van der Waals surface area contributed by atoms with Gasteiger partial charge in [0.1, 0.15) is 5.75 Å². The Kier molecular flexibility index (Phi) is 3.76. The number of halogens is 3. The SMILES string of the molecule is O=C(O)CCc1c[c]cc(OC(F)(F)F)c1. The van der Waals surface area contributed by atoms with Crippen LogP contribution < -0.4 is 4.74 Å². The molecule has 1 N–H and O–H groups in total. The van der Waals surface area contributed by atoms with Crippen LogP contribution in [-0.4, -0.2) is 17.4 Å². The molecular formula is C10H8F3O3. The number of carbonyl (C=O) groups is 1. The van der Waals surface area contributed by atoms with Crippen molar-refractivity contribution in [2.45, 2.75) is 19.2 Å². The molecule has 0 unspecified atom stereocenters. The van der Waals surface area contributed by atoms with Crippen LogP contribution >= 0.6 is 0 Å². The fourth-order valence-corrected chi connectivity index (χ4v) is 1.09. The van der Waals surface area contributed by atoms with Gasteiger partial charge in [-0.05, 0) is 30.2 Å². The van der Waals surface area contributed by atoms with E-state index in [9.17, 15) is 18.0 Å². The lowest BCUT2D eigenvalue weighted by atomic mass is 10.1. The van der Waals surface area contributed by atoms with Crippen molar-refractivity contribution in [3.63, 3.8) is 0 Å². The van der Waals surface area contributed by atoms with E-state index in [-0.39, 0.29) is 12.8 Å². The van der Waals surface area contributed by atoms with Crippen LogP contribution in [0.3, 0.4) is 0 Å². The van der Waals surface area contributed by atoms with Crippen LogP contribution in [0.1, 0.15) is 12.0 Å². The van der Waals surface area contributed by atoms with Gasteiger partial charge < -0.3 is 9.84 Å². The fraction of sp³-hybridized carbons (Fsp3) is 0.300. The van der Waals surface area contributed by atoms with Gasteiger partial charge in [-0.1, -0.05) is 6.07 Å². The molecule has 0 atom stereocenters. The summed E-state index contributed by atoms with van der Waals surface area (Å²) in [6.07, 6.45) is -4.76. The molecule has 0 fully saturated rings. The number of hydrogen-bond donors (Lipinski definition) is 1. The normalized spacial score (nSPS) is 11.2. The van der Waals surface area contributed by atoms with E-state index in [1.807, 2.05) is 0 Å². The minimum absolute atomic E-state index is 0.140. The molecule has 0 aliphatic heterocycles. The smallest absolute Gasteiger partial charge is 0.481 e. The third-order valence-corrected chi connectivity index (χ3v) is 1.68. The average molecular weight is 233 g/mol. The summed E-state index contributed by atoms with van der Waals surface area (Å²) in [7, 11) is 0. The number of alkyl halides is 3. The van der Waals surface area contributed by atoms with E-state index in [0.717, 1.165) is 12.1 Å². The highest BCUT2D eigenvalue weighted by atomic mass is 19.4. The maximum absolute atomic E-state index is 11.9. The van der Waals surface area contributed by atoms with E-state index in [1.165, 1.54) is 6.07 Å². The molecule has 0 spiro atoms. The molecule has 0 aliphatic carbocycles. The molecule has 0 aromatic heterocycles. The topological polar surface area (TPSA) is 46.5 Å². The largest absolute Gasteiger partial charge is 0.573 e. The summed E-state index contributed by atoms with van der Waals surface area (Å²) < 4.78 is 39.2. The van der Waals surface area contributed by atoms with Gasteiger partial charge in [-0.3, -0.25) is 4.79 Å². The second kappa shape index (κ2) is 4.87. The molecule has 0 bridgehead atoms. The Morgan fingerprint density at radius 3 is 2.69 bits per heavy atom. The lowest BCUT2D eigenvalue weighted by Crippen LogP contribution is -2.17. The molecule has 16 heavy (non-hydrogen) atoms. The minimum atomic E-state index is -4.75. The van der Waals surface area contributed by atoms with Gasteiger partial charge in [-0.25, -0.2) is 0 Å². The molecule has 1 rings (SSSR count). The Bertz CT molecular complexity index is 374. The number of ether oxygens (including phenoxy) is 1. The summed E-state index contributed by atoms with van der Waals surface area (Å²) in [6.45, 7) is 0. The number of benzene rings is 1. The van der Waals surface area contributed by atoms with Gasteiger partial charge in [0, 0.05) is 6.42 Å². The highest BCUT2D eigenvalue weighted by Crippen LogP contribution is 2.23. The molecule has 1 aromatic carbocycles. The first kappa shape index (κ1) is 12.4. The molecule has 87 valence electrons.